The van der Waals surface area contributed by atoms with E-state index in [1.54, 1.807) is 11.3 Å². The van der Waals surface area contributed by atoms with E-state index in [0.717, 1.165) is 12.2 Å². The molecule has 80 valence electrons. The second-order valence-corrected chi connectivity index (χ2v) is 4.75. The SMILES string of the molecule is CCCCC(C)NCc1nc(C)cs1. The molecule has 3 heteroatoms. The second-order valence-electron chi connectivity index (χ2n) is 3.81. The molecule has 0 aromatic carbocycles. The van der Waals surface area contributed by atoms with Crippen molar-refractivity contribution >= 4 is 11.3 Å². The van der Waals surface area contributed by atoms with Crippen molar-refractivity contribution in [1.82, 2.24) is 10.3 Å². The zero-order valence-corrected chi connectivity index (χ0v) is 10.2. The standard InChI is InChI=1S/C11H20N2S/c1-4-5-6-9(2)12-7-11-13-10(3)8-14-11/h8-9,12H,4-7H2,1-3H3. The van der Waals surface area contributed by atoms with E-state index in [2.05, 4.69) is 29.5 Å². The Kier molecular flexibility index (Phi) is 5.12. The average Bonchev–Trinajstić information content (AvgIpc) is 2.58. The van der Waals surface area contributed by atoms with Crippen molar-refractivity contribution in [2.75, 3.05) is 0 Å². The highest BCUT2D eigenvalue weighted by Crippen LogP contribution is 2.09. The molecule has 0 saturated heterocycles. The smallest absolute Gasteiger partial charge is 0.107 e. The van der Waals surface area contributed by atoms with Crippen molar-refractivity contribution in [1.29, 1.82) is 0 Å². The zero-order valence-electron chi connectivity index (χ0n) is 9.34. The summed E-state index contributed by atoms with van der Waals surface area (Å²) in [4.78, 5) is 4.42. The monoisotopic (exact) mass is 212 g/mol. The maximum absolute atomic E-state index is 4.42. The Morgan fingerprint density at radius 3 is 2.93 bits per heavy atom. The number of hydrogen-bond donors (Lipinski definition) is 1. The highest BCUT2D eigenvalue weighted by Gasteiger charge is 2.02. The van der Waals surface area contributed by atoms with E-state index in [0.29, 0.717) is 6.04 Å². The minimum absolute atomic E-state index is 0.610. The first-order chi connectivity index (χ1) is 6.72. The van der Waals surface area contributed by atoms with Gasteiger partial charge in [-0.3, -0.25) is 0 Å². The Bertz CT molecular complexity index is 258. The van der Waals surface area contributed by atoms with Crippen LogP contribution in [-0.4, -0.2) is 11.0 Å². The third-order valence-corrected chi connectivity index (χ3v) is 3.23. The van der Waals surface area contributed by atoms with Crippen LogP contribution in [0.5, 0.6) is 0 Å². The van der Waals surface area contributed by atoms with Crippen LogP contribution in [0.2, 0.25) is 0 Å². The summed E-state index contributed by atoms with van der Waals surface area (Å²) < 4.78 is 0. The summed E-state index contributed by atoms with van der Waals surface area (Å²) in [6.07, 6.45) is 3.86. The van der Waals surface area contributed by atoms with Crippen molar-refractivity contribution in [3.05, 3.63) is 16.1 Å². The molecule has 0 radical (unpaired) electrons. The zero-order chi connectivity index (χ0) is 10.4. The third-order valence-electron chi connectivity index (χ3n) is 2.26. The molecular weight excluding hydrogens is 192 g/mol. The van der Waals surface area contributed by atoms with E-state index in [4.69, 9.17) is 0 Å². The molecule has 1 aromatic heterocycles. The van der Waals surface area contributed by atoms with Gasteiger partial charge in [0.1, 0.15) is 5.01 Å². The van der Waals surface area contributed by atoms with Gasteiger partial charge in [-0.1, -0.05) is 19.8 Å². The van der Waals surface area contributed by atoms with E-state index in [9.17, 15) is 0 Å². The first-order valence-corrected chi connectivity index (χ1v) is 6.24. The minimum atomic E-state index is 0.610. The number of aromatic nitrogens is 1. The fraction of sp³-hybridized carbons (Fsp3) is 0.727. The van der Waals surface area contributed by atoms with E-state index < -0.39 is 0 Å². The van der Waals surface area contributed by atoms with Crippen molar-refractivity contribution in [2.45, 2.75) is 52.6 Å². The summed E-state index contributed by atoms with van der Waals surface area (Å²) >= 11 is 1.74. The van der Waals surface area contributed by atoms with Gasteiger partial charge >= 0.3 is 0 Å². The lowest BCUT2D eigenvalue weighted by Crippen LogP contribution is -2.25. The fourth-order valence-electron chi connectivity index (χ4n) is 1.36. The van der Waals surface area contributed by atoms with Gasteiger partial charge < -0.3 is 5.32 Å². The van der Waals surface area contributed by atoms with Gasteiger partial charge in [0.15, 0.2) is 0 Å². The summed E-state index contributed by atoms with van der Waals surface area (Å²) in [5, 5.41) is 6.80. The number of nitrogens with zero attached hydrogens (tertiary/aromatic N) is 1. The molecule has 0 saturated carbocycles. The van der Waals surface area contributed by atoms with Gasteiger partial charge in [0.25, 0.3) is 0 Å². The molecule has 1 heterocycles. The van der Waals surface area contributed by atoms with Gasteiger partial charge in [-0.05, 0) is 20.3 Å². The Morgan fingerprint density at radius 2 is 2.36 bits per heavy atom. The van der Waals surface area contributed by atoms with Gasteiger partial charge in [0.05, 0.1) is 0 Å². The molecule has 0 aliphatic carbocycles. The van der Waals surface area contributed by atoms with Crippen LogP contribution in [0.1, 0.15) is 43.8 Å². The molecule has 14 heavy (non-hydrogen) atoms. The average molecular weight is 212 g/mol. The van der Waals surface area contributed by atoms with Crippen LogP contribution in [0.15, 0.2) is 5.38 Å². The quantitative estimate of drug-likeness (QED) is 0.783. The van der Waals surface area contributed by atoms with Gasteiger partial charge in [0.2, 0.25) is 0 Å². The molecule has 1 unspecified atom stereocenters. The van der Waals surface area contributed by atoms with E-state index in [-0.39, 0.29) is 0 Å². The van der Waals surface area contributed by atoms with Crippen LogP contribution in [0.25, 0.3) is 0 Å². The lowest BCUT2D eigenvalue weighted by Gasteiger charge is -2.11. The summed E-state index contributed by atoms with van der Waals surface area (Å²) in [6, 6.07) is 0.610. The molecule has 0 spiro atoms. The Hall–Kier alpha value is -0.410. The molecule has 1 aromatic rings. The first-order valence-electron chi connectivity index (χ1n) is 5.36. The lowest BCUT2D eigenvalue weighted by atomic mass is 10.1. The number of nitrogens with one attached hydrogen (secondary N) is 1. The van der Waals surface area contributed by atoms with Crippen molar-refractivity contribution in [3.63, 3.8) is 0 Å². The summed E-state index contributed by atoms with van der Waals surface area (Å²) in [7, 11) is 0. The van der Waals surface area contributed by atoms with Crippen LogP contribution in [0.4, 0.5) is 0 Å². The van der Waals surface area contributed by atoms with Crippen LogP contribution < -0.4 is 5.32 Å². The molecule has 1 rings (SSSR count). The molecule has 1 N–H and O–H groups in total. The van der Waals surface area contributed by atoms with Crippen LogP contribution in [0.3, 0.4) is 0 Å². The van der Waals surface area contributed by atoms with Crippen molar-refractivity contribution < 1.29 is 0 Å². The van der Waals surface area contributed by atoms with Gasteiger partial charge in [-0.2, -0.15) is 0 Å². The second kappa shape index (κ2) is 6.14. The van der Waals surface area contributed by atoms with Crippen LogP contribution in [-0.2, 0) is 6.54 Å². The molecule has 0 amide bonds. The van der Waals surface area contributed by atoms with Gasteiger partial charge in [-0.25, -0.2) is 4.98 Å². The fourth-order valence-corrected chi connectivity index (χ4v) is 2.08. The first kappa shape index (κ1) is 11.7. The predicted octanol–water partition coefficient (Wildman–Crippen LogP) is 3.12. The molecule has 0 fully saturated rings. The number of unbranched alkanes of at least 4 members (excludes halogenated alkanes) is 1. The van der Waals surface area contributed by atoms with Crippen LogP contribution in [0, 0.1) is 6.92 Å². The highest BCUT2D eigenvalue weighted by atomic mass is 32.1. The minimum Gasteiger partial charge on any atom is -0.308 e. The van der Waals surface area contributed by atoms with Crippen molar-refractivity contribution in [2.24, 2.45) is 0 Å². The van der Waals surface area contributed by atoms with Crippen molar-refractivity contribution in [3.8, 4) is 0 Å². The number of rotatable bonds is 6. The molecule has 0 bridgehead atoms. The topological polar surface area (TPSA) is 24.9 Å². The Balaban J connectivity index is 2.20. The number of hydrogen-bond acceptors (Lipinski definition) is 3. The largest absolute Gasteiger partial charge is 0.308 e. The van der Waals surface area contributed by atoms with Gasteiger partial charge in [-0.15, -0.1) is 11.3 Å². The summed E-state index contributed by atoms with van der Waals surface area (Å²) in [6.45, 7) is 7.44. The molecular formula is C11H20N2S. The number of thiazole rings is 1. The van der Waals surface area contributed by atoms with Crippen LogP contribution >= 0.6 is 11.3 Å². The highest BCUT2D eigenvalue weighted by molar-refractivity contribution is 7.09. The van der Waals surface area contributed by atoms with E-state index >= 15 is 0 Å². The Labute approximate surface area is 90.8 Å². The lowest BCUT2D eigenvalue weighted by molar-refractivity contribution is 0.494. The normalized spacial score (nSPS) is 13.1. The summed E-state index contributed by atoms with van der Waals surface area (Å²) in [5.41, 5.74) is 1.13. The van der Waals surface area contributed by atoms with Gasteiger partial charge in [0, 0.05) is 23.7 Å². The molecule has 0 aliphatic rings. The van der Waals surface area contributed by atoms with E-state index in [1.807, 2.05) is 6.92 Å². The maximum atomic E-state index is 4.42. The third kappa shape index (κ3) is 4.20. The van der Waals surface area contributed by atoms with E-state index in [1.165, 1.54) is 24.3 Å². The number of aryl methyl sites for hydroxylation is 1. The summed E-state index contributed by atoms with van der Waals surface area (Å²) in [5.74, 6) is 0. The molecule has 2 nitrogen and oxygen atoms in total. The predicted molar refractivity (Wildman–Crippen MR) is 62.7 cm³/mol. The Morgan fingerprint density at radius 1 is 1.57 bits per heavy atom. The molecule has 1 atom stereocenters. The molecule has 0 aliphatic heterocycles. The maximum Gasteiger partial charge on any atom is 0.107 e.